The second kappa shape index (κ2) is 18.6. The predicted molar refractivity (Wildman–Crippen MR) is 171 cm³/mol. The molecule has 0 aromatic heterocycles. The van der Waals surface area contributed by atoms with Crippen molar-refractivity contribution in [1.29, 1.82) is 0 Å². The maximum atomic E-state index is 12.7. The summed E-state index contributed by atoms with van der Waals surface area (Å²) in [6, 6.07) is 0. The maximum absolute atomic E-state index is 12.7. The molecule has 0 saturated heterocycles. The van der Waals surface area contributed by atoms with E-state index in [-0.39, 0.29) is 36.6 Å². The molecule has 0 rings (SSSR count). The standard InChI is InChI=1S/C35H64O8/c1-11-32(5,6)27(31(40)41)25-30(39)43-35(10,14-4)22-20-18-16-15-17-19-21-34(9,13-3)26(23-28(36)37)24-29(38)42-33(7,8)12-2/h26-27H,11-25H2,1-10H3,(H,36,37)(H,40,41). The molecule has 43 heavy (non-hydrogen) atoms. The molecule has 0 amide bonds. The van der Waals surface area contributed by atoms with E-state index >= 15 is 0 Å². The van der Waals surface area contributed by atoms with E-state index in [4.69, 9.17) is 9.47 Å². The van der Waals surface area contributed by atoms with Crippen molar-refractivity contribution in [2.24, 2.45) is 22.7 Å². The average molecular weight is 613 g/mol. The van der Waals surface area contributed by atoms with Crippen LogP contribution in [-0.4, -0.2) is 45.3 Å². The van der Waals surface area contributed by atoms with Gasteiger partial charge in [-0.05, 0) is 69.6 Å². The Morgan fingerprint density at radius 2 is 1.12 bits per heavy atom. The van der Waals surface area contributed by atoms with Crippen molar-refractivity contribution in [2.45, 2.75) is 177 Å². The predicted octanol–water partition coefficient (Wildman–Crippen LogP) is 8.98. The van der Waals surface area contributed by atoms with E-state index in [2.05, 4.69) is 13.8 Å². The number of rotatable bonds is 24. The van der Waals surface area contributed by atoms with Gasteiger partial charge in [0.25, 0.3) is 0 Å². The summed E-state index contributed by atoms with van der Waals surface area (Å²) in [5, 5.41) is 19.2. The van der Waals surface area contributed by atoms with Crippen molar-refractivity contribution in [2.75, 3.05) is 0 Å². The molecule has 8 nitrogen and oxygen atoms in total. The Kier molecular flexibility index (Phi) is 17.7. The monoisotopic (exact) mass is 612 g/mol. The summed E-state index contributed by atoms with van der Waals surface area (Å²) in [5.41, 5.74) is -1.91. The number of carbonyl (C=O) groups is 4. The quantitative estimate of drug-likeness (QED) is 0.0816. The van der Waals surface area contributed by atoms with Crippen LogP contribution in [0.15, 0.2) is 0 Å². The normalized spacial score (nSPS) is 16.4. The van der Waals surface area contributed by atoms with Crippen LogP contribution in [0, 0.1) is 22.7 Å². The van der Waals surface area contributed by atoms with E-state index in [0.29, 0.717) is 19.3 Å². The number of aliphatic carboxylic acids is 2. The summed E-state index contributed by atoms with van der Waals surface area (Å²) in [7, 11) is 0. The molecule has 0 saturated carbocycles. The van der Waals surface area contributed by atoms with Crippen LogP contribution in [0.2, 0.25) is 0 Å². The van der Waals surface area contributed by atoms with Crippen LogP contribution in [0.1, 0.15) is 166 Å². The molecule has 0 aliphatic carbocycles. The van der Waals surface area contributed by atoms with E-state index in [1.54, 1.807) is 0 Å². The van der Waals surface area contributed by atoms with Gasteiger partial charge in [-0.15, -0.1) is 0 Å². The molecule has 8 heteroatoms. The van der Waals surface area contributed by atoms with Crippen LogP contribution in [-0.2, 0) is 28.7 Å². The number of esters is 2. The fourth-order valence-electron chi connectivity index (χ4n) is 5.53. The lowest BCUT2D eigenvalue weighted by Gasteiger charge is -2.37. The minimum atomic E-state index is -0.961. The van der Waals surface area contributed by atoms with Crippen LogP contribution >= 0.6 is 0 Å². The van der Waals surface area contributed by atoms with Gasteiger partial charge in [-0.25, -0.2) is 0 Å². The number of ether oxygens (including phenoxy) is 2. The van der Waals surface area contributed by atoms with Gasteiger partial charge in [0.05, 0.1) is 12.3 Å². The van der Waals surface area contributed by atoms with Crippen LogP contribution in [0.4, 0.5) is 0 Å². The van der Waals surface area contributed by atoms with Crippen LogP contribution in [0.25, 0.3) is 0 Å². The summed E-state index contributed by atoms with van der Waals surface area (Å²) < 4.78 is 11.5. The van der Waals surface area contributed by atoms with E-state index in [1.807, 2.05) is 55.4 Å². The SMILES string of the molecule is CCC(C)(C)OC(=O)CC(CC(=O)O)C(C)(CC)CCCCCCCCC(C)(CC)OC(=O)CC(C(=O)O)C(C)(C)CC. The van der Waals surface area contributed by atoms with Crippen molar-refractivity contribution in [3.05, 3.63) is 0 Å². The molecule has 2 N–H and O–H groups in total. The summed E-state index contributed by atoms with van der Waals surface area (Å²) in [5.74, 6) is -3.67. The van der Waals surface area contributed by atoms with Crippen molar-refractivity contribution in [3.63, 3.8) is 0 Å². The Morgan fingerprint density at radius 3 is 1.56 bits per heavy atom. The van der Waals surface area contributed by atoms with Gasteiger partial charge in [-0.2, -0.15) is 0 Å². The Bertz CT molecular complexity index is 879. The highest BCUT2D eigenvalue weighted by molar-refractivity contribution is 5.79. The van der Waals surface area contributed by atoms with Crippen molar-refractivity contribution in [1.82, 2.24) is 0 Å². The average Bonchev–Trinajstić information content (AvgIpc) is 2.91. The largest absolute Gasteiger partial charge is 0.481 e. The highest BCUT2D eigenvalue weighted by atomic mass is 16.6. The molecule has 0 aliphatic heterocycles. The topological polar surface area (TPSA) is 127 Å². The van der Waals surface area contributed by atoms with Gasteiger partial charge >= 0.3 is 23.9 Å². The van der Waals surface area contributed by atoms with E-state index < -0.39 is 40.4 Å². The smallest absolute Gasteiger partial charge is 0.307 e. The molecule has 0 fully saturated rings. The first-order valence-corrected chi connectivity index (χ1v) is 16.7. The zero-order valence-corrected chi connectivity index (χ0v) is 29.1. The van der Waals surface area contributed by atoms with Gasteiger partial charge in [0.1, 0.15) is 11.2 Å². The van der Waals surface area contributed by atoms with Crippen LogP contribution < -0.4 is 0 Å². The van der Waals surface area contributed by atoms with Crippen molar-refractivity contribution >= 4 is 23.9 Å². The molecule has 0 heterocycles. The number of hydrogen-bond donors (Lipinski definition) is 2. The third kappa shape index (κ3) is 15.4. The van der Waals surface area contributed by atoms with E-state index in [0.717, 1.165) is 57.8 Å². The van der Waals surface area contributed by atoms with E-state index in [1.165, 1.54) is 0 Å². The summed E-state index contributed by atoms with van der Waals surface area (Å²) in [4.78, 5) is 48.8. The van der Waals surface area contributed by atoms with Crippen LogP contribution in [0.5, 0.6) is 0 Å². The number of carboxylic acid groups (broad SMARTS) is 2. The van der Waals surface area contributed by atoms with Gasteiger partial charge in [-0.3, -0.25) is 19.2 Å². The zero-order chi connectivity index (χ0) is 33.5. The van der Waals surface area contributed by atoms with Gasteiger partial charge in [0.15, 0.2) is 0 Å². The summed E-state index contributed by atoms with van der Waals surface area (Å²) >= 11 is 0. The second-order valence-electron chi connectivity index (χ2n) is 14.4. The fourth-order valence-corrected chi connectivity index (χ4v) is 5.53. The molecular formula is C35H64O8. The molecule has 0 aliphatic rings. The second-order valence-corrected chi connectivity index (χ2v) is 14.4. The summed E-state index contributed by atoms with van der Waals surface area (Å²) in [6.45, 7) is 19.5. The Morgan fingerprint density at radius 1 is 0.605 bits per heavy atom. The van der Waals surface area contributed by atoms with Gasteiger partial charge < -0.3 is 19.7 Å². The first kappa shape index (κ1) is 40.9. The number of hydrogen-bond acceptors (Lipinski definition) is 6. The molecule has 0 aromatic carbocycles. The number of carbonyl (C=O) groups excluding carboxylic acids is 2. The fraction of sp³-hybridized carbons (Fsp3) is 0.886. The molecule has 4 unspecified atom stereocenters. The molecule has 0 bridgehead atoms. The highest BCUT2D eigenvalue weighted by Crippen LogP contribution is 2.41. The highest BCUT2D eigenvalue weighted by Gasteiger charge is 2.38. The lowest BCUT2D eigenvalue weighted by Crippen LogP contribution is -2.36. The molecule has 0 aromatic rings. The van der Waals surface area contributed by atoms with Crippen LogP contribution in [0.3, 0.4) is 0 Å². The Balaban J connectivity index is 4.77. The third-order valence-corrected chi connectivity index (χ3v) is 10.2. The third-order valence-electron chi connectivity index (χ3n) is 10.2. The van der Waals surface area contributed by atoms with Crippen molar-refractivity contribution < 1.29 is 38.9 Å². The van der Waals surface area contributed by atoms with Gasteiger partial charge in [-0.1, -0.05) is 93.4 Å². The van der Waals surface area contributed by atoms with E-state index in [9.17, 15) is 29.4 Å². The lowest BCUT2D eigenvalue weighted by molar-refractivity contribution is -0.166. The number of unbranched alkanes of at least 4 members (excludes halogenated alkanes) is 5. The molecule has 0 radical (unpaired) electrons. The Labute approximate surface area is 262 Å². The molecule has 252 valence electrons. The van der Waals surface area contributed by atoms with Gasteiger partial charge in [0, 0.05) is 12.8 Å². The minimum absolute atomic E-state index is 0.0416. The number of carboxylic acids is 2. The molecule has 0 spiro atoms. The first-order valence-electron chi connectivity index (χ1n) is 16.7. The van der Waals surface area contributed by atoms with Crippen molar-refractivity contribution in [3.8, 4) is 0 Å². The Hall–Kier alpha value is -2.12. The zero-order valence-electron chi connectivity index (χ0n) is 29.1. The summed E-state index contributed by atoms with van der Waals surface area (Å²) in [6.07, 6.45) is 10.4. The molecular weight excluding hydrogens is 548 g/mol. The van der Waals surface area contributed by atoms with Gasteiger partial charge in [0.2, 0.25) is 0 Å². The first-order chi connectivity index (χ1) is 19.8. The maximum Gasteiger partial charge on any atom is 0.307 e. The molecule has 4 atom stereocenters. The lowest BCUT2D eigenvalue weighted by atomic mass is 9.68. The minimum Gasteiger partial charge on any atom is -0.481 e.